The van der Waals surface area contributed by atoms with E-state index in [1.807, 2.05) is 10.9 Å². The lowest BCUT2D eigenvalue weighted by Gasteiger charge is -2.25. The Morgan fingerprint density at radius 3 is 3.27 bits per heavy atom. The van der Waals surface area contributed by atoms with Gasteiger partial charge >= 0.3 is 0 Å². The van der Waals surface area contributed by atoms with E-state index < -0.39 is 0 Å². The predicted octanol–water partition coefficient (Wildman–Crippen LogP) is 2.75. The van der Waals surface area contributed by atoms with Crippen molar-refractivity contribution in [3.63, 3.8) is 0 Å². The van der Waals surface area contributed by atoms with Crippen LogP contribution in [0, 0.1) is 0 Å². The largest absolute Gasteiger partial charge is 0.373 e. The van der Waals surface area contributed by atoms with Crippen LogP contribution < -0.4 is 0 Å². The maximum atomic E-state index is 6.12. The van der Waals surface area contributed by atoms with Gasteiger partial charge in [0.15, 0.2) is 0 Å². The van der Waals surface area contributed by atoms with Crippen LogP contribution in [0.15, 0.2) is 12.4 Å². The molecule has 1 fully saturated rings. The highest BCUT2D eigenvalue weighted by Crippen LogP contribution is 2.30. The molecule has 0 saturated carbocycles. The van der Waals surface area contributed by atoms with Crippen LogP contribution in [0.1, 0.15) is 37.9 Å². The Morgan fingerprint density at radius 2 is 2.53 bits per heavy atom. The van der Waals surface area contributed by atoms with Gasteiger partial charge in [0.25, 0.3) is 0 Å². The van der Waals surface area contributed by atoms with Crippen LogP contribution in [0.4, 0.5) is 0 Å². The fourth-order valence-corrected chi connectivity index (χ4v) is 2.14. The lowest BCUT2D eigenvalue weighted by molar-refractivity contribution is 0.0168. The van der Waals surface area contributed by atoms with E-state index in [2.05, 4.69) is 18.2 Å². The van der Waals surface area contributed by atoms with E-state index in [0.717, 1.165) is 38.0 Å². The number of hydrogen-bond acceptors (Lipinski definition) is 2. The third-order valence-corrected chi connectivity index (χ3v) is 3.09. The van der Waals surface area contributed by atoms with Crippen molar-refractivity contribution in [1.29, 1.82) is 0 Å². The van der Waals surface area contributed by atoms with Crippen molar-refractivity contribution in [2.24, 2.45) is 0 Å². The van der Waals surface area contributed by atoms with Crippen molar-refractivity contribution in [3.8, 4) is 0 Å². The molecule has 1 aliphatic rings. The van der Waals surface area contributed by atoms with Crippen molar-refractivity contribution in [1.82, 2.24) is 9.78 Å². The molecule has 1 aliphatic heterocycles. The number of halogens is 1. The van der Waals surface area contributed by atoms with Crippen LogP contribution in [-0.4, -0.2) is 21.8 Å². The summed E-state index contributed by atoms with van der Waals surface area (Å²) in [7, 11) is 0. The number of aromatic nitrogens is 2. The van der Waals surface area contributed by atoms with Crippen LogP contribution in [-0.2, 0) is 11.3 Å². The van der Waals surface area contributed by atoms with E-state index in [1.54, 1.807) is 0 Å². The molecule has 1 saturated heterocycles. The summed E-state index contributed by atoms with van der Waals surface area (Å²) in [4.78, 5) is 0. The Bertz CT molecular complexity index is 313. The maximum absolute atomic E-state index is 6.12. The summed E-state index contributed by atoms with van der Waals surface area (Å²) < 4.78 is 7.66. The van der Waals surface area contributed by atoms with Gasteiger partial charge in [-0.1, -0.05) is 6.92 Å². The topological polar surface area (TPSA) is 27.1 Å². The number of ether oxygens (including phenoxy) is 1. The molecule has 0 radical (unpaired) electrons. The summed E-state index contributed by atoms with van der Waals surface area (Å²) in [5, 5.41) is 4.55. The van der Waals surface area contributed by atoms with Crippen LogP contribution >= 0.6 is 11.6 Å². The average Bonchev–Trinajstić information content (AvgIpc) is 2.67. The molecule has 0 N–H and O–H groups in total. The highest BCUT2D eigenvalue weighted by molar-refractivity contribution is 6.20. The molecule has 1 aromatic rings. The first kappa shape index (κ1) is 11.0. The SMILES string of the molecule is CCCn1cc(C2CC(Cl)CCO2)cn1. The predicted molar refractivity (Wildman–Crippen MR) is 60.1 cm³/mol. The summed E-state index contributed by atoms with van der Waals surface area (Å²) in [5.41, 5.74) is 1.16. The van der Waals surface area contributed by atoms with Gasteiger partial charge in [0.05, 0.1) is 12.3 Å². The molecule has 0 aliphatic carbocycles. The molecule has 2 rings (SSSR count). The van der Waals surface area contributed by atoms with Gasteiger partial charge in [0.2, 0.25) is 0 Å². The molecule has 0 amide bonds. The smallest absolute Gasteiger partial charge is 0.0869 e. The summed E-state index contributed by atoms with van der Waals surface area (Å²) in [6.07, 6.45) is 7.08. The van der Waals surface area contributed by atoms with Crippen LogP contribution in [0.25, 0.3) is 0 Å². The zero-order valence-electron chi connectivity index (χ0n) is 9.03. The fraction of sp³-hybridized carbons (Fsp3) is 0.727. The highest BCUT2D eigenvalue weighted by Gasteiger charge is 2.23. The second-order valence-electron chi connectivity index (χ2n) is 4.02. The number of alkyl halides is 1. The van der Waals surface area contributed by atoms with E-state index in [9.17, 15) is 0 Å². The lowest BCUT2D eigenvalue weighted by atomic mass is 10.0. The zero-order valence-corrected chi connectivity index (χ0v) is 9.78. The van der Waals surface area contributed by atoms with Gasteiger partial charge in [-0.25, -0.2) is 0 Å². The molecule has 2 unspecified atom stereocenters. The maximum Gasteiger partial charge on any atom is 0.0869 e. The van der Waals surface area contributed by atoms with Crippen molar-refractivity contribution >= 4 is 11.6 Å². The summed E-state index contributed by atoms with van der Waals surface area (Å²) in [6.45, 7) is 3.88. The Labute approximate surface area is 95.4 Å². The van der Waals surface area contributed by atoms with E-state index in [-0.39, 0.29) is 11.5 Å². The summed E-state index contributed by atoms with van der Waals surface area (Å²) in [5.74, 6) is 0. The number of hydrogen-bond donors (Lipinski definition) is 0. The quantitative estimate of drug-likeness (QED) is 0.744. The normalized spacial score (nSPS) is 26.8. The molecule has 2 heterocycles. The molecule has 0 bridgehead atoms. The van der Waals surface area contributed by atoms with E-state index in [4.69, 9.17) is 16.3 Å². The third kappa shape index (κ3) is 2.73. The molecule has 1 aromatic heterocycles. The highest BCUT2D eigenvalue weighted by atomic mass is 35.5. The Morgan fingerprint density at radius 1 is 1.67 bits per heavy atom. The van der Waals surface area contributed by atoms with E-state index >= 15 is 0 Å². The molecule has 0 spiro atoms. The first-order valence-electron chi connectivity index (χ1n) is 5.57. The molecular formula is C11H17ClN2O. The monoisotopic (exact) mass is 228 g/mol. The van der Waals surface area contributed by atoms with Crippen molar-refractivity contribution in [3.05, 3.63) is 18.0 Å². The average molecular weight is 229 g/mol. The standard InChI is InChI=1S/C11H17ClN2O/c1-2-4-14-8-9(7-13-14)11-6-10(12)3-5-15-11/h7-8,10-11H,2-6H2,1H3. The van der Waals surface area contributed by atoms with Crippen molar-refractivity contribution in [2.75, 3.05) is 6.61 Å². The van der Waals surface area contributed by atoms with Crippen molar-refractivity contribution < 1.29 is 4.74 Å². The minimum absolute atomic E-state index is 0.145. The minimum Gasteiger partial charge on any atom is -0.373 e. The Balaban J connectivity index is 2.01. The molecule has 84 valence electrons. The van der Waals surface area contributed by atoms with Crippen LogP contribution in [0.2, 0.25) is 0 Å². The molecule has 2 atom stereocenters. The van der Waals surface area contributed by atoms with Gasteiger partial charge in [0, 0.05) is 30.3 Å². The first-order chi connectivity index (χ1) is 7.29. The fourth-order valence-electron chi connectivity index (χ4n) is 1.89. The van der Waals surface area contributed by atoms with Crippen LogP contribution in [0.5, 0.6) is 0 Å². The van der Waals surface area contributed by atoms with Gasteiger partial charge in [-0.05, 0) is 19.3 Å². The number of rotatable bonds is 3. The van der Waals surface area contributed by atoms with E-state index in [0.29, 0.717) is 0 Å². The zero-order chi connectivity index (χ0) is 10.7. The van der Waals surface area contributed by atoms with Gasteiger partial charge in [-0.15, -0.1) is 11.6 Å². The molecule has 0 aromatic carbocycles. The van der Waals surface area contributed by atoms with E-state index in [1.165, 1.54) is 0 Å². The second-order valence-corrected chi connectivity index (χ2v) is 4.64. The van der Waals surface area contributed by atoms with Crippen molar-refractivity contribution in [2.45, 2.75) is 44.2 Å². The van der Waals surface area contributed by atoms with Gasteiger partial charge in [-0.2, -0.15) is 5.10 Å². The molecule has 4 heteroatoms. The first-order valence-corrected chi connectivity index (χ1v) is 6.01. The number of aryl methyl sites for hydroxylation is 1. The lowest BCUT2D eigenvalue weighted by Crippen LogP contribution is -2.19. The Hall–Kier alpha value is -0.540. The van der Waals surface area contributed by atoms with Gasteiger partial charge in [-0.3, -0.25) is 4.68 Å². The summed E-state index contributed by atoms with van der Waals surface area (Å²) in [6, 6.07) is 0. The molecule has 3 nitrogen and oxygen atoms in total. The summed E-state index contributed by atoms with van der Waals surface area (Å²) >= 11 is 6.12. The minimum atomic E-state index is 0.145. The third-order valence-electron chi connectivity index (χ3n) is 2.70. The number of nitrogens with zero attached hydrogens (tertiary/aromatic N) is 2. The molecular weight excluding hydrogens is 212 g/mol. The Kier molecular flexibility index (Phi) is 3.65. The van der Waals surface area contributed by atoms with Gasteiger partial charge in [0.1, 0.15) is 0 Å². The molecule has 15 heavy (non-hydrogen) atoms. The van der Waals surface area contributed by atoms with Gasteiger partial charge < -0.3 is 4.74 Å². The van der Waals surface area contributed by atoms with Crippen LogP contribution in [0.3, 0.4) is 0 Å². The second kappa shape index (κ2) is 4.99.